The quantitative estimate of drug-likeness (QED) is 0.499. The second-order valence-corrected chi connectivity index (χ2v) is 10.7. The highest BCUT2D eigenvalue weighted by Gasteiger charge is 2.20. The van der Waals surface area contributed by atoms with E-state index in [2.05, 4.69) is 88.2 Å². The highest BCUT2D eigenvalue weighted by Crippen LogP contribution is 2.23. The Morgan fingerprint density at radius 2 is 1.70 bits per heavy atom. The van der Waals surface area contributed by atoms with Crippen LogP contribution in [0.15, 0.2) is 48.8 Å². The van der Waals surface area contributed by atoms with Crippen molar-refractivity contribution in [2.45, 2.75) is 32.9 Å². The summed E-state index contributed by atoms with van der Waals surface area (Å²) >= 11 is 0. The molecule has 1 N–H and O–H groups in total. The monoisotopic (exact) mass is 500 g/mol. The molecule has 0 aliphatic carbocycles. The van der Waals surface area contributed by atoms with Gasteiger partial charge in [0.2, 0.25) is 5.95 Å². The average molecular weight is 501 g/mol. The highest BCUT2D eigenvalue weighted by molar-refractivity contribution is 5.63. The molecule has 8 nitrogen and oxygen atoms in total. The van der Waals surface area contributed by atoms with Crippen LogP contribution in [0.2, 0.25) is 0 Å². The summed E-state index contributed by atoms with van der Waals surface area (Å²) in [5.41, 5.74) is 5.43. The molecule has 7 heterocycles. The molecule has 1 aromatic carbocycles. The minimum atomic E-state index is 0.539. The van der Waals surface area contributed by atoms with E-state index in [4.69, 9.17) is 9.97 Å². The highest BCUT2D eigenvalue weighted by atomic mass is 15.3. The van der Waals surface area contributed by atoms with E-state index in [-0.39, 0.29) is 0 Å². The maximum absolute atomic E-state index is 4.78. The number of nitrogens with zero attached hydrogens (tertiary/aromatic N) is 7. The Labute approximate surface area is 221 Å². The molecule has 8 rings (SSSR count). The van der Waals surface area contributed by atoms with Crippen LogP contribution in [0.5, 0.6) is 0 Å². The molecule has 8 bridgehead atoms. The molecule has 1 unspecified atom stereocenters. The lowest BCUT2D eigenvalue weighted by atomic mass is 10.1. The van der Waals surface area contributed by atoms with Gasteiger partial charge in [-0.25, -0.2) is 15.0 Å². The van der Waals surface area contributed by atoms with Crippen molar-refractivity contribution in [3.8, 4) is 11.3 Å². The van der Waals surface area contributed by atoms with Gasteiger partial charge in [0.25, 0.3) is 0 Å². The molecule has 1 fully saturated rings. The lowest BCUT2D eigenvalue weighted by Crippen LogP contribution is -2.50. The Balaban J connectivity index is 1.40. The molecule has 5 aliphatic rings. The van der Waals surface area contributed by atoms with Crippen molar-refractivity contribution in [2.75, 3.05) is 70.1 Å². The smallest absolute Gasteiger partial charge is 0.227 e. The normalized spacial score (nSPS) is 23.6. The third kappa shape index (κ3) is 6.63. The van der Waals surface area contributed by atoms with E-state index in [9.17, 15) is 0 Å². The molecular formula is C29H40N8. The second kappa shape index (κ2) is 11.5. The summed E-state index contributed by atoms with van der Waals surface area (Å²) < 4.78 is 0. The van der Waals surface area contributed by atoms with Crippen LogP contribution in [0.4, 0.5) is 17.5 Å². The van der Waals surface area contributed by atoms with Crippen LogP contribution in [0.3, 0.4) is 0 Å². The molecule has 1 atom stereocenters. The van der Waals surface area contributed by atoms with Crippen LogP contribution in [-0.4, -0.2) is 95.6 Å². The zero-order chi connectivity index (χ0) is 25.8. The number of rotatable bonds is 0. The lowest BCUT2D eigenvalue weighted by Gasteiger charge is -2.37. The predicted molar refractivity (Wildman–Crippen MR) is 151 cm³/mol. The van der Waals surface area contributed by atoms with Gasteiger partial charge in [0, 0.05) is 82.5 Å². The van der Waals surface area contributed by atoms with E-state index in [1.807, 2.05) is 12.3 Å². The van der Waals surface area contributed by atoms with Gasteiger partial charge < -0.3 is 15.1 Å². The number of hydrogen-bond donors (Lipinski definition) is 1. The number of aromatic nitrogens is 3. The fourth-order valence-electron chi connectivity index (χ4n) is 5.29. The van der Waals surface area contributed by atoms with Crippen LogP contribution < -0.4 is 10.2 Å². The van der Waals surface area contributed by atoms with Gasteiger partial charge in [0.05, 0.1) is 5.69 Å². The first kappa shape index (κ1) is 25.6. The fourth-order valence-corrected chi connectivity index (χ4v) is 5.29. The summed E-state index contributed by atoms with van der Waals surface area (Å²) in [7, 11) is 4.38. The Hall–Kier alpha value is -3.07. The Kier molecular flexibility index (Phi) is 7.98. The molecule has 0 amide bonds. The topological polar surface area (TPSA) is 63.7 Å². The molecule has 0 radical (unpaired) electrons. The standard InChI is InChI=1S/C29H40N8/c1-22-16-24-18-26(17-22)32-29-30-9-8-27(33-29)25-6-7-28(31-19-25)35(4)11-5-10-34(3)23(2)20-36-12-14-37(21-24)15-13-36/h6-9,16-19,23H,5,10-15,20-21H2,1-4H3,(H,30,32,33). The number of benzene rings is 1. The van der Waals surface area contributed by atoms with Gasteiger partial charge >= 0.3 is 0 Å². The molecule has 37 heavy (non-hydrogen) atoms. The summed E-state index contributed by atoms with van der Waals surface area (Å²) in [6.07, 6.45) is 4.82. The van der Waals surface area contributed by atoms with Crippen molar-refractivity contribution in [1.29, 1.82) is 0 Å². The molecule has 8 heteroatoms. The van der Waals surface area contributed by atoms with Crippen molar-refractivity contribution >= 4 is 17.5 Å². The first-order valence-corrected chi connectivity index (χ1v) is 13.5. The largest absolute Gasteiger partial charge is 0.360 e. The zero-order valence-corrected chi connectivity index (χ0v) is 22.7. The molecule has 0 saturated carbocycles. The molecule has 2 aromatic heterocycles. The first-order chi connectivity index (χ1) is 17.9. The minimum absolute atomic E-state index is 0.539. The lowest BCUT2D eigenvalue weighted by molar-refractivity contribution is 0.0993. The van der Waals surface area contributed by atoms with Crippen molar-refractivity contribution in [1.82, 2.24) is 29.7 Å². The number of piperazine rings is 1. The van der Waals surface area contributed by atoms with Gasteiger partial charge in [-0.2, -0.15) is 0 Å². The van der Waals surface area contributed by atoms with Crippen LogP contribution in [0, 0.1) is 6.92 Å². The van der Waals surface area contributed by atoms with Crippen molar-refractivity contribution in [3.05, 3.63) is 59.9 Å². The average Bonchev–Trinajstić information content (AvgIpc) is 2.89. The van der Waals surface area contributed by atoms with Crippen LogP contribution in [-0.2, 0) is 6.54 Å². The maximum Gasteiger partial charge on any atom is 0.227 e. The van der Waals surface area contributed by atoms with E-state index in [1.54, 1.807) is 6.20 Å². The number of anilines is 3. The minimum Gasteiger partial charge on any atom is -0.360 e. The fraction of sp³-hybridized carbons (Fsp3) is 0.483. The van der Waals surface area contributed by atoms with Crippen LogP contribution in [0.1, 0.15) is 24.5 Å². The van der Waals surface area contributed by atoms with Crippen molar-refractivity contribution in [3.63, 3.8) is 0 Å². The number of pyridine rings is 1. The molecular weight excluding hydrogens is 460 g/mol. The number of hydrogen-bond acceptors (Lipinski definition) is 8. The van der Waals surface area contributed by atoms with Gasteiger partial charge in [-0.05, 0) is 75.3 Å². The molecule has 1 saturated heterocycles. The van der Waals surface area contributed by atoms with Gasteiger partial charge in [-0.15, -0.1) is 0 Å². The summed E-state index contributed by atoms with van der Waals surface area (Å²) in [4.78, 5) is 23.9. The van der Waals surface area contributed by atoms with Gasteiger partial charge in [0.1, 0.15) is 5.82 Å². The van der Waals surface area contributed by atoms with Gasteiger partial charge in [-0.3, -0.25) is 9.80 Å². The van der Waals surface area contributed by atoms with Crippen molar-refractivity contribution < 1.29 is 0 Å². The summed E-state index contributed by atoms with van der Waals surface area (Å²) in [6.45, 7) is 13.1. The Bertz CT molecular complexity index is 1170. The number of nitrogens with one attached hydrogen (secondary N) is 1. The van der Waals surface area contributed by atoms with E-state index in [1.165, 1.54) is 11.1 Å². The second-order valence-electron chi connectivity index (χ2n) is 10.7. The first-order valence-electron chi connectivity index (χ1n) is 13.5. The summed E-state index contributed by atoms with van der Waals surface area (Å²) in [5.74, 6) is 1.58. The molecule has 5 aliphatic heterocycles. The molecule has 0 spiro atoms. The third-order valence-electron chi connectivity index (χ3n) is 7.63. The van der Waals surface area contributed by atoms with E-state index < -0.39 is 0 Å². The Morgan fingerprint density at radius 3 is 2.49 bits per heavy atom. The SMILES string of the molecule is Cc1cc2cc(c1)Nc1nccc(n1)-c1ccc(nc1)N(C)CCCN(C)C(C)CN1CCN(CC1)C2. The van der Waals surface area contributed by atoms with Crippen LogP contribution >= 0.6 is 0 Å². The maximum atomic E-state index is 4.78. The van der Waals surface area contributed by atoms with E-state index >= 15 is 0 Å². The van der Waals surface area contributed by atoms with Crippen molar-refractivity contribution in [2.24, 2.45) is 0 Å². The number of aryl methyl sites for hydroxylation is 1. The van der Waals surface area contributed by atoms with Gasteiger partial charge in [0.15, 0.2) is 0 Å². The number of likely N-dealkylation sites (N-methyl/N-ethyl adjacent to an activating group) is 1. The third-order valence-corrected chi connectivity index (χ3v) is 7.63. The zero-order valence-electron chi connectivity index (χ0n) is 22.7. The summed E-state index contributed by atoms with van der Waals surface area (Å²) in [5, 5.41) is 3.44. The van der Waals surface area contributed by atoms with E-state index in [0.717, 1.165) is 81.5 Å². The van der Waals surface area contributed by atoms with Crippen LogP contribution in [0.25, 0.3) is 11.3 Å². The van der Waals surface area contributed by atoms with Gasteiger partial charge in [-0.1, -0.05) is 6.07 Å². The Morgan fingerprint density at radius 1 is 0.892 bits per heavy atom. The molecule has 3 aromatic rings. The summed E-state index contributed by atoms with van der Waals surface area (Å²) in [6, 6.07) is 13.3. The predicted octanol–water partition coefficient (Wildman–Crippen LogP) is 3.87. The molecule has 196 valence electrons. The van der Waals surface area contributed by atoms with E-state index in [0.29, 0.717) is 12.0 Å².